The van der Waals surface area contributed by atoms with Crippen LogP contribution in [0.25, 0.3) is 11.2 Å². The van der Waals surface area contributed by atoms with Crippen molar-refractivity contribution in [3.8, 4) is 5.75 Å². The Bertz CT molecular complexity index is 995. The minimum atomic E-state index is -1.21. The lowest BCUT2D eigenvalue weighted by molar-refractivity contribution is -0.0511. The summed E-state index contributed by atoms with van der Waals surface area (Å²) in [6, 6.07) is 7.80. The van der Waals surface area contributed by atoms with Gasteiger partial charge in [-0.05, 0) is 24.1 Å². The van der Waals surface area contributed by atoms with Gasteiger partial charge in [0.1, 0.15) is 30.4 Å². The van der Waals surface area contributed by atoms with E-state index in [0.29, 0.717) is 17.0 Å². The number of nitrogens with zero attached hydrogens (tertiary/aromatic N) is 4. The van der Waals surface area contributed by atoms with Crippen molar-refractivity contribution < 1.29 is 24.8 Å². The quantitative estimate of drug-likeness (QED) is 0.446. The molecule has 30 heavy (non-hydrogen) atoms. The van der Waals surface area contributed by atoms with Crippen LogP contribution in [0, 0.1) is 0 Å². The Morgan fingerprint density at radius 2 is 1.93 bits per heavy atom. The van der Waals surface area contributed by atoms with Gasteiger partial charge in [-0.3, -0.25) is 4.57 Å². The van der Waals surface area contributed by atoms with Crippen molar-refractivity contribution in [1.29, 1.82) is 0 Å². The maximum Gasteiger partial charge on any atom is 0.167 e. The Morgan fingerprint density at radius 3 is 2.57 bits per heavy atom. The molecule has 0 saturated carbocycles. The number of benzene rings is 1. The number of nitrogens with one attached hydrogen (secondary N) is 1. The summed E-state index contributed by atoms with van der Waals surface area (Å²) in [5.74, 6) is 1.34. The van der Waals surface area contributed by atoms with Gasteiger partial charge >= 0.3 is 0 Å². The lowest BCUT2D eigenvalue weighted by Gasteiger charge is -2.19. The molecule has 1 aromatic carbocycles. The Kier molecular flexibility index (Phi) is 5.82. The smallest absolute Gasteiger partial charge is 0.167 e. The first-order valence-electron chi connectivity index (χ1n) is 9.77. The number of hydrogen-bond donors (Lipinski definition) is 4. The first-order chi connectivity index (χ1) is 14.6. The molecule has 160 valence electrons. The van der Waals surface area contributed by atoms with Gasteiger partial charge in [-0.25, -0.2) is 15.0 Å². The van der Waals surface area contributed by atoms with Gasteiger partial charge in [0.05, 0.1) is 26.1 Å². The number of aliphatic hydroxyl groups excluding tert-OH is 3. The van der Waals surface area contributed by atoms with Crippen LogP contribution in [0.5, 0.6) is 5.75 Å². The molecule has 4 rings (SSSR count). The van der Waals surface area contributed by atoms with E-state index in [0.717, 1.165) is 17.7 Å². The van der Waals surface area contributed by atoms with E-state index in [9.17, 15) is 15.3 Å². The number of ether oxygens (including phenoxy) is 2. The molecule has 1 aliphatic rings. The second-order valence-electron chi connectivity index (χ2n) is 7.15. The second kappa shape index (κ2) is 8.52. The first kappa shape index (κ1) is 20.5. The maximum atomic E-state index is 10.3. The van der Waals surface area contributed by atoms with Gasteiger partial charge < -0.3 is 30.1 Å². The number of imidazole rings is 1. The molecular weight excluding hydrogens is 390 g/mol. The fourth-order valence-corrected chi connectivity index (χ4v) is 3.68. The second-order valence-corrected chi connectivity index (χ2v) is 7.15. The highest BCUT2D eigenvalue weighted by molar-refractivity contribution is 5.83. The number of hydrogen-bond acceptors (Lipinski definition) is 9. The van der Waals surface area contributed by atoms with Gasteiger partial charge in [-0.2, -0.15) is 0 Å². The van der Waals surface area contributed by atoms with Crippen molar-refractivity contribution in [3.05, 3.63) is 42.5 Å². The first-order valence-corrected chi connectivity index (χ1v) is 9.77. The molecule has 5 atom stereocenters. The maximum absolute atomic E-state index is 10.3. The summed E-state index contributed by atoms with van der Waals surface area (Å²) in [4.78, 5) is 13.0. The van der Waals surface area contributed by atoms with E-state index < -0.39 is 31.1 Å². The van der Waals surface area contributed by atoms with Crippen molar-refractivity contribution in [2.24, 2.45) is 0 Å². The average Bonchev–Trinajstić information content (AvgIpc) is 3.33. The largest absolute Gasteiger partial charge is 0.497 e. The SMILES string of the molecule is CCC(Nc1ncnc2c1ncn2[C@@H]1O[C@H](CO)C(O)C1O)c1ccc(OC)cc1. The summed E-state index contributed by atoms with van der Waals surface area (Å²) in [7, 11) is 1.63. The van der Waals surface area contributed by atoms with Gasteiger partial charge in [-0.15, -0.1) is 0 Å². The van der Waals surface area contributed by atoms with Crippen LogP contribution in [-0.2, 0) is 4.74 Å². The number of fused-ring (bicyclic) bond motifs is 1. The average molecular weight is 415 g/mol. The summed E-state index contributed by atoms with van der Waals surface area (Å²) in [5, 5.41) is 33.1. The lowest BCUT2D eigenvalue weighted by Crippen LogP contribution is -2.33. The number of aliphatic hydroxyl groups is 3. The van der Waals surface area contributed by atoms with Crippen LogP contribution in [0.1, 0.15) is 31.2 Å². The molecule has 0 amide bonds. The third kappa shape index (κ3) is 3.58. The molecule has 3 heterocycles. The number of methoxy groups -OCH3 is 1. The van der Waals surface area contributed by atoms with Crippen LogP contribution in [-0.4, -0.2) is 66.9 Å². The fraction of sp³-hybridized carbons (Fsp3) is 0.450. The van der Waals surface area contributed by atoms with E-state index >= 15 is 0 Å². The highest BCUT2D eigenvalue weighted by atomic mass is 16.6. The summed E-state index contributed by atoms with van der Waals surface area (Å²) in [6.07, 6.45) is -0.489. The minimum Gasteiger partial charge on any atom is -0.497 e. The third-order valence-corrected chi connectivity index (χ3v) is 5.39. The summed E-state index contributed by atoms with van der Waals surface area (Å²) < 4.78 is 12.4. The van der Waals surface area contributed by atoms with Crippen molar-refractivity contribution in [3.63, 3.8) is 0 Å². The molecule has 2 aromatic heterocycles. The Hall–Kier alpha value is -2.79. The van der Waals surface area contributed by atoms with E-state index in [1.54, 1.807) is 11.7 Å². The predicted octanol–water partition coefficient (Wildman–Crippen LogP) is 1.01. The van der Waals surface area contributed by atoms with Crippen LogP contribution in [0.15, 0.2) is 36.9 Å². The Morgan fingerprint density at radius 1 is 1.17 bits per heavy atom. The van der Waals surface area contributed by atoms with Crippen molar-refractivity contribution in [1.82, 2.24) is 19.5 Å². The van der Waals surface area contributed by atoms with E-state index in [1.807, 2.05) is 24.3 Å². The Balaban J connectivity index is 1.63. The van der Waals surface area contributed by atoms with Gasteiger partial charge in [0.25, 0.3) is 0 Å². The zero-order valence-corrected chi connectivity index (χ0v) is 16.7. The van der Waals surface area contributed by atoms with Crippen LogP contribution in [0.3, 0.4) is 0 Å². The monoisotopic (exact) mass is 415 g/mol. The third-order valence-electron chi connectivity index (χ3n) is 5.39. The molecule has 0 spiro atoms. The van der Waals surface area contributed by atoms with Crippen LogP contribution in [0.2, 0.25) is 0 Å². The molecule has 1 saturated heterocycles. The lowest BCUT2D eigenvalue weighted by atomic mass is 10.0. The van der Waals surface area contributed by atoms with Gasteiger partial charge in [-0.1, -0.05) is 19.1 Å². The molecule has 0 aliphatic carbocycles. The fourth-order valence-electron chi connectivity index (χ4n) is 3.68. The molecule has 10 heteroatoms. The molecule has 1 fully saturated rings. The van der Waals surface area contributed by atoms with Gasteiger partial charge in [0, 0.05) is 0 Å². The van der Waals surface area contributed by atoms with Crippen LogP contribution >= 0.6 is 0 Å². The zero-order valence-electron chi connectivity index (χ0n) is 16.7. The highest BCUT2D eigenvalue weighted by Crippen LogP contribution is 2.33. The zero-order chi connectivity index (χ0) is 21.3. The van der Waals surface area contributed by atoms with Gasteiger partial charge in [0.15, 0.2) is 23.2 Å². The highest BCUT2D eigenvalue weighted by Gasteiger charge is 2.44. The number of aromatic nitrogens is 4. The Labute approximate surface area is 173 Å². The summed E-state index contributed by atoms with van der Waals surface area (Å²) in [6.45, 7) is 1.67. The molecule has 4 N–H and O–H groups in total. The van der Waals surface area contributed by atoms with E-state index in [2.05, 4.69) is 27.2 Å². The topological polar surface area (TPSA) is 135 Å². The summed E-state index contributed by atoms with van der Waals surface area (Å²) >= 11 is 0. The van der Waals surface area contributed by atoms with E-state index in [4.69, 9.17) is 9.47 Å². The molecule has 0 bridgehead atoms. The van der Waals surface area contributed by atoms with E-state index in [-0.39, 0.29) is 6.04 Å². The van der Waals surface area contributed by atoms with Crippen LogP contribution < -0.4 is 10.1 Å². The molecule has 1 aliphatic heterocycles. The van der Waals surface area contributed by atoms with Gasteiger partial charge in [0.2, 0.25) is 0 Å². The normalized spacial score (nSPS) is 24.8. The number of rotatable bonds is 7. The number of anilines is 1. The minimum absolute atomic E-state index is 0.00642. The van der Waals surface area contributed by atoms with Crippen molar-refractivity contribution >= 4 is 17.0 Å². The standard InChI is InChI=1S/C20H25N5O5/c1-3-13(11-4-6-12(29-2)7-5-11)24-18-15-19(22-9-21-18)25(10-23-15)20-17(28)16(27)14(8-26)30-20/h4-7,9-10,13-14,16-17,20,26-28H,3,8H2,1-2H3,(H,21,22,24)/t13?,14-,16?,17?,20-/m1/s1. The van der Waals surface area contributed by atoms with Crippen molar-refractivity contribution in [2.75, 3.05) is 19.0 Å². The molecule has 3 unspecified atom stereocenters. The molecular formula is C20H25N5O5. The molecule has 3 aromatic rings. The summed E-state index contributed by atoms with van der Waals surface area (Å²) in [5.41, 5.74) is 2.04. The molecule has 10 nitrogen and oxygen atoms in total. The predicted molar refractivity (Wildman–Crippen MR) is 108 cm³/mol. The van der Waals surface area contributed by atoms with E-state index in [1.165, 1.54) is 12.7 Å². The van der Waals surface area contributed by atoms with Crippen LogP contribution in [0.4, 0.5) is 5.82 Å². The molecule has 0 radical (unpaired) electrons. The van der Waals surface area contributed by atoms with Crippen molar-refractivity contribution in [2.45, 2.75) is 43.9 Å².